The Morgan fingerprint density at radius 3 is 2.36 bits per heavy atom. The van der Waals surface area contributed by atoms with Crippen molar-refractivity contribution in [3.63, 3.8) is 0 Å². The molecule has 0 aliphatic rings. The second kappa shape index (κ2) is 3.70. The molecule has 14 heavy (non-hydrogen) atoms. The van der Waals surface area contributed by atoms with Gasteiger partial charge in [0.15, 0.2) is 17.4 Å². The largest absolute Gasteiger partial charge is 0.491 e. The van der Waals surface area contributed by atoms with E-state index >= 15 is 0 Å². The number of halogens is 3. The second-order valence-corrected chi connectivity index (χ2v) is 4.86. The van der Waals surface area contributed by atoms with Crippen LogP contribution in [0.1, 0.15) is 0 Å². The maximum absolute atomic E-state index is 13.2. The predicted octanol–water partition coefficient (Wildman–Crippen LogP) is 1.90. The van der Waals surface area contributed by atoms with Crippen molar-refractivity contribution in [3.8, 4) is 5.75 Å². The van der Waals surface area contributed by atoms with E-state index < -0.39 is 31.3 Å². The molecule has 0 spiro atoms. The Bertz CT molecular complexity index is 458. The first-order chi connectivity index (χ1) is 6.38. The SMILES string of the molecule is COc1c(F)ccc(S(=O)(=O)Cl)c1F. The van der Waals surface area contributed by atoms with Crippen LogP contribution in [0, 0.1) is 11.6 Å². The summed E-state index contributed by atoms with van der Waals surface area (Å²) in [5.74, 6) is -3.09. The molecule has 0 aliphatic heterocycles. The van der Waals surface area contributed by atoms with E-state index in [0.717, 1.165) is 19.2 Å². The number of hydrogen-bond donors (Lipinski definition) is 0. The normalized spacial score (nSPS) is 11.4. The van der Waals surface area contributed by atoms with E-state index in [9.17, 15) is 17.2 Å². The Morgan fingerprint density at radius 2 is 1.93 bits per heavy atom. The lowest BCUT2D eigenvalue weighted by molar-refractivity contribution is 0.354. The maximum Gasteiger partial charge on any atom is 0.264 e. The number of hydrogen-bond acceptors (Lipinski definition) is 3. The molecule has 0 aliphatic carbocycles. The fourth-order valence-corrected chi connectivity index (χ4v) is 1.78. The van der Waals surface area contributed by atoms with Gasteiger partial charge in [0.05, 0.1) is 7.11 Å². The van der Waals surface area contributed by atoms with Crippen LogP contribution in [0.4, 0.5) is 8.78 Å². The molecule has 1 rings (SSSR count). The van der Waals surface area contributed by atoms with Gasteiger partial charge in [-0.25, -0.2) is 17.2 Å². The van der Waals surface area contributed by atoms with Gasteiger partial charge in [0.2, 0.25) is 0 Å². The number of methoxy groups -OCH3 is 1. The summed E-state index contributed by atoms with van der Waals surface area (Å²) in [6, 6.07) is 1.49. The molecule has 1 aromatic carbocycles. The van der Waals surface area contributed by atoms with E-state index in [1.165, 1.54) is 0 Å². The topological polar surface area (TPSA) is 43.4 Å². The summed E-state index contributed by atoms with van der Waals surface area (Å²) in [4.78, 5) is -0.808. The summed E-state index contributed by atoms with van der Waals surface area (Å²) in [5, 5.41) is 0. The molecule has 0 atom stereocenters. The fourth-order valence-electron chi connectivity index (χ4n) is 0.890. The Morgan fingerprint density at radius 1 is 1.36 bits per heavy atom. The van der Waals surface area contributed by atoms with Crippen molar-refractivity contribution in [2.45, 2.75) is 4.90 Å². The minimum atomic E-state index is -4.23. The third kappa shape index (κ3) is 1.96. The smallest absolute Gasteiger partial charge is 0.264 e. The standard InChI is InChI=1S/C7H5ClF2O3S/c1-13-7-4(9)2-3-5(6(7)10)14(8,11)12/h2-3H,1H3. The van der Waals surface area contributed by atoms with E-state index in [4.69, 9.17) is 10.7 Å². The third-order valence-corrected chi connectivity index (χ3v) is 2.82. The van der Waals surface area contributed by atoms with Gasteiger partial charge in [-0.15, -0.1) is 0 Å². The minimum absolute atomic E-state index is 0.732. The molecule has 1 aromatic rings. The van der Waals surface area contributed by atoms with Crippen LogP contribution in [-0.4, -0.2) is 15.5 Å². The number of benzene rings is 1. The molecule has 0 fully saturated rings. The van der Waals surface area contributed by atoms with Gasteiger partial charge in [0, 0.05) is 10.7 Å². The lowest BCUT2D eigenvalue weighted by Crippen LogP contribution is -2.00. The zero-order chi connectivity index (χ0) is 10.9. The summed E-state index contributed by atoms with van der Waals surface area (Å²) in [7, 11) is 1.69. The van der Waals surface area contributed by atoms with Crippen LogP contribution in [0.2, 0.25) is 0 Å². The lowest BCUT2D eigenvalue weighted by Gasteiger charge is -2.05. The lowest BCUT2D eigenvalue weighted by atomic mass is 10.3. The molecule has 0 saturated carbocycles. The highest BCUT2D eigenvalue weighted by molar-refractivity contribution is 8.13. The van der Waals surface area contributed by atoms with Crippen LogP contribution in [0.15, 0.2) is 17.0 Å². The van der Waals surface area contributed by atoms with E-state index in [1.807, 2.05) is 0 Å². The first-order valence-corrected chi connectivity index (χ1v) is 5.65. The van der Waals surface area contributed by atoms with Crippen molar-refractivity contribution in [1.29, 1.82) is 0 Å². The molecule has 0 bridgehead atoms. The Balaban J connectivity index is 3.52. The molecule has 3 nitrogen and oxygen atoms in total. The Hall–Kier alpha value is -0.880. The highest BCUT2D eigenvalue weighted by Crippen LogP contribution is 2.28. The van der Waals surface area contributed by atoms with E-state index in [1.54, 1.807) is 0 Å². The van der Waals surface area contributed by atoms with Crippen molar-refractivity contribution in [2.75, 3.05) is 7.11 Å². The molecule has 0 heterocycles. The van der Waals surface area contributed by atoms with Crippen molar-refractivity contribution < 1.29 is 21.9 Å². The first-order valence-electron chi connectivity index (χ1n) is 3.34. The fraction of sp³-hybridized carbons (Fsp3) is 0.143. The van der Waals surface area contributed by atoms with E-state index in [2.05, 4.69) is 4.74 Å². The van der Waals surface area contributed by atoms with Gasteiger partial charge in [0.25, 0.3) is 9.05 Å². The summed E-state index contributed by atoms with van der Waals surface area (Å²) < 4.78 is 51.9. The average molecular weight is 243 g/mol. The van der Waals surface area contributed by atoms with E-state index in [-0.39, 0.29) is 0 Å². The van der Waals surface area contributed by atoms with Gasteiger partial charge in [-0.3, -0.25) is 0 Å². The maximum atomic E-state index is 13.2. The van der Waals surface area contributed by atoms with Crippen molar-refractivity contribution >= 4 is 19.7 Å². The van der Waals surface area contributed by atoms with Crippen LogP contribution in [-0.2, 0) is 9.05 Å². The zero-order valence-electron chi connectivity index (χ0n) is 6.92. The summed E-state index contributed by atoms with van der Waals surface area (Å²) in [6.45, 7) is 0. The van der Waals surface area contributed by atoms with Gasteiger partial charge in [-0.1, -0.05) is 0 Å². The quantitative estimate of drug-likeness (QED) is 0.744. The predicted molar refractivity (Wildman–Crippen MR) is 45.9 cm³/mol. The molecule has 0 amide bonds. The first kappa shape index (κ1) is 11.2. The van der Waals surface area contributed by atoms with Crippen molar-refractivity contribution in [1.82, 2.24) is 0 Å². The molecule has 0 unspecified atom stereocenters. The van der Waals surface area contributed by atoms with Gasteiger partial charge < -0.3 is 4.74 Å². The van der Waals surface area contributed by atoms with Crippen LogP contribution in [0.3, 0.4) is 0 Å². The zero-order valence-corrected chi connectivity index (χ0v) is 8.49. The van der Waals surface area contributed by atoms with Crippen LogP contribution in [0.25, 0.3) is 0 Å². The van der Waals surface area contributed by atoms with E-state index in [0.29, 0.717) is 0 Å². The van der Waals surface area contributed by atoms with Crippen LogP contribution in [0.5, 0.6) is 5.75 Å². The summed E-state index contributed by atoms with van der Waals surface area (Å²) >= 11 is 0. The Kier molecular flexibility index (Phi) is 2.96. The monoisotopic (exact) mass is 242 g/mol. The minimum Gasteiger partial charge on any atom is -0.491 e. The van der Waals surface area contributed by atoms with Crippen LogP contribution >= 0.6 is 10.7 Å². The molecular weight excluding hydrogens is 238 g/mol. The second-order valence-electron chi connectivity index (χ2n) is 2.33. The van der Waals surface area contributed by atoms with Crippen LogP contribution < -0.4 is 4.74 Å². The highest BCUT2D eigenvalue weighted by atomic mass is 35.7. The van der Waals surface area contributed by atoms with Gasteiger partial charge in [0.1, 0.15) is 4.90 Å². The molecule has 0 saturated heterocycles. The Labute approximate surface area is 83.7 Å². The number of rotatable bonds is 2. The average Bonchev–Trinajstić information content (AvgIpc) is 2.02. The molecule has 7 heteroatoms. The van der Waals surface area contributed by atoms with Gasteiger partial charge in [-0.2, -0.15) is 0 Å². The summed E-state index contributed by atoms with van der Waals surface area (Å²) in [5.41, 5.74) is 0. The summed E-state index contributed by atoms with van der Waals surface area (Å²) in [6.07, 6.45) is 0. The van der Waals surface area contributed by atoms with Crippen molar-refractivity contribution in [3.05, 3.63) is 23.8 Å². The van der Waals surface area contributed by atoms with Gasteiger partial charge in [-0.05, 0) is 12.1 Å². The molecule has 0 radical (unpaired) electrons. The van der Waals surface area contributed by atoms with Crippen molar-refractivity contribution in [2.24, 2.45) is 0 Å². The molecule has 0 N–H and O–H groups in total. The highest BCUT2D eigenvalue weighted by Gasteiger charge is 2.22. The molecule has 78 valence electrons. The van der Waals surface area contributed by atoms with Gasteiger partial charge >= 0.3 is 0 Å². The molecule has 0 aromatic heterocycles. The third-order valence-electron chi connectivity index (χ3n) is 1.48. The number of ether oxygens (including phenoxy) is 1. The molecular formula is C7H5ClF2O3S.